The van der Waals surface area contributed by atoms with E-state index in [1.165, 1.54) is 116 Å². The van der Waals surface area contributed by atoms with Crippen molar-refractivity contribution in [2.75, 3.05) is 45.8 Å². The molecule has 0 rings (SSSR count). The molecule has 0 spiro atoms. The van der Waals surface area contributed by atoms with Crippen LogP contribution in [-0.4, -0.2) is 72.6 Å². The van der Waals surface area contributed by atoms with Gasteiger partial charge in [0.2, 0.25) is 5.91 Å². The monoisotopic (exact) mass is 553 g/mol. The largest absolute Gasteiger partial charge is 0.327 e. The number of unbranched alkanes of at least 4 members (excludes halogenated alkanes) is 18. The van der Waals surface area contributed by atoms with Crippen LogP contribution in [0.15, 0.2) is 0 Å². The summed E-state index contributed by atoms with van der Waals surface area (Å²) in [6, 6.07) is 0. The predicted molar refractivity (Wildman–Crippen MR) is 173 cm³/mol. The summed E-state index contributed by atoms with van der Waals surface area (Å²) in [5.74, 6) is 0.288. The summed E-state index contributed by atoms with van der Waals surface area (Å²) in [7, 11) is 0. The molecule has 0 aromatic heterocycles. The second kappa shape index (κ2) is 28.9. The Morgan fingerprint density at radius 2 is 0.923 bits per heavy atom. The SMILES string of the molecule is CCCCCCCCCCCCCCCCCCCCCC(=O)N(CCN(CC)CC)C(CN)N(CC)CC. The van der Waals surface area contributed by atoms with Gasteiger partial charge in [0, 0.05) is 26.1 Å². The van der Waals surface area contributed by atoms with Crippen LogP contribution in [0.25, 0.3) is 0 Å². The lowest BCUT2D eigenvalue weighted by atomic mass is 10.0. The van der Waals surface area contributed by atoms with Crippen molar-refractivity contribution in [3.05, 3.63) is 0 Å². The molecule has 1 amide bonds. The van der Waals surface area contributed by atoms with E-state index in [-0.39, 0.29) is 12.1 Å². The molecule has 234 valence electrons. The quantitative estimate of drug-likeness (QED) is 0.0716. The fourth-order valence-corrected chi connectivity index (χ4v) is 5.85. The number of amides is 1. The number of likely N-dealkylation sites (N-methyl/N-ethyl adjacent to an activating group) is 2. The third-order valence-corrected chi connectivity index (χ3v) is 8.67. The first-order valence-corrected chi connectivity index (χ1v) is 17.5. The number of nitrogens with zero attached hydrogens (tertiary/aromatic N) is 3. The first kappa shape index (κ1) is 38.4. The molecule has 0 heterocycles. The molecule has 0 aromatic rings. The van der Waals surface area contributed by atoms with Gasteiger partial charge in [-0.15, -0.1) is 0 Å². The second-order valence-corrected chi connectivity index (χ2v) is 11.7. The summed E-state index contributed by atoms with van der Waals surface area (Å²) >= 11 is 0. The topological polar surface area (TPSA) is 52.8 Å². The summed E-state index contributed by atoms with van der Waals surface area (Å²) < 4.78 is 0. The van der Waals surface area contributed by atoms with E-state index in [0.717, 1.165) is 45.7 Å². The van der Waals surface area contributed by atoms with Crippen LogP contribution in [0.1, 0.15) is 163 Å². The van der Waals surface area contributed by atoms with Crippen molar-refractivity contribution < 1.29 is 4.79 Å². The van der Waals surface area contributed by atoms with Crippen LogP contribution >= 0.6 is 0 Å². The number of nitrogens with two attached hydrogens (primary N) is 1. The lowest BCUT2D eigenvalue weighted by Gasteiger charge is -2.39. The van der Waals surface area contributed by atoms with Crippen LogP contribution < -0.4 is 5.73 Å². The van der Waals surface area contributed by atoms with E-state index < -0.39 is 0 Å². The van der Waals surface area contributed by atoms with Crippen molar-refractivity contribution in [3.8, 4) is 0 Å². The van der Waals surface area contributed by atoms with Crippen molar-refractivity contribution in [2.24, 2.45) is 5.73 Å². The Labute approximate surface area is 246 Å². The Hall–Kier alpha value is -0.650. The van der Waals surface area contributed by atoms with Gasteiger partial charge in [0.15, 0.2) is 0 Å². The summed E-state index contributed by atoms with van der Waals surface area (Å²) in [4.78, 5) is 20.1. The van der Waals surface area contributed by atoms with Crippen LogP contribution in [0, 0.1) is 0 Å². The highest BCUT2D eigenvalue weighted by molar-refractivity contribution is 5.76. The highest BCUT2D eigenvalue weighted by Crippen LogP contribution is 2.16. The Morgan fingerprint density at radius 1 is 0.538 bits per heavy atom. The first-order chi connectivity index (χ1) is 19.1. The minimum absolute atomic E-state index is 0.0170. The van der Waals surface area contributed by atoms with Gasteiger partial charge >= 0.3 is 0 Å². The van der Waals surface area contributed by atoms with E-state index in [1.54, 1.807) is 0 Å². The zero-order chi connectivity index (χ0) is 29.0. The van der Waals surface area contributed by atoms with Gasteiger partial charge < -0.3 is 15.5 Å². The maximum Gasteiger partial charge on any atom is 0.223 e. The average Bonchev–Trinajstić information content (AvgIpc) is 2.95. The maximum atomic E-state index is 13.3. The van der Waals surface area contributed by atoms with E-state index in [4.69, 9.17) is 5.73 Å². The molecule has 0 saturated heterocycles. The van der Waals surface area contributed by atoms with Gasteiger partial charge in [0.25, 0.3) is 0 Å². The molecule has 0 aliphatic heterocycles. The van der Waals surface area contributed by atoms with Crippen molar-refractivity contribution in [2.45, 2.75) is 169 Å². The number of hydrogen-bond donors (Lipinski definition) is 1. The van der Waals surface area contributed by atoms with Gasteiger partial charge in [0.1, 0.15) is 0 Å². The van der Waals surface area contributed by atoms with Gasteiger partial charge in [-0.3, -0.25) is 9.69 Å². The third-order valence-electron chi connectivity index (χ3n) is 8.67. The standard InChI is InChI=1S/C34H72N4O/c1-6-11-12-13-14-15-16-17-18-19-20-21-22-23-24-25-26-27-28-29-34(39)38(31-30-36(7-2)8-3)33(32-35)37(9-4)10-5/h33H,6-32,35H2,1-5H3. The number of rotatable bonds is 30. The zero-order valence-electron chi connectivity index (χ0n) is 27.5. The van der Waals surface area contributed by atoms with Gasteiger partial charge in [-0.2, -0.15) is 0 Å². The van der Waals surface area contributed by atoms with Gasteiger partial charge in [-0.1, -0.05) is 150 Å². The van der Waals surface area contributed by atoms with E-state index in [9.17, 15) is 4.79 Å². The number of carbonyl (C=O) groups excluding carboxylic acids is 1. The van der Waals surface area contributed by atoms with Crippen LogP contribution in [0.2, 0.25) is 0 Å². The minimum Gasteiger partial charge on any atom is -0.327 e. The molecule has 2 N–H and O–H groups in total. The fraction of sp³-hybridized carbons (Fsp3) is 0.971. The molecule has 5 heteroatoms. The second-order valence-electron chi connectivity index (χ2n) is 11.7. The molecule has 1 unspecified atom stereocenters. The molecule has 0 fully saturated rings. The summed E-state index contributed by atoms with van der Waals surface area (Å²) in [5, 5.41) is 0. The number of hydrogen-bond acceptors (Lipinski definition) is 4. The van der Waals surface area contributed by atoms with Crippen LogP contribution in [0.3, 0.4) is 0 Å². The Balaban J connectivity index is 3.93. The molecule has 0 aliphatic carbocycles. The van der Waals surface area contributed by atoms with Gasteiger partial charge in [-0.05, 0) is 32.6 Å². The molecular formula is C34H72N4O. The average molecular weight is 553 g/mol. The minimum atomic E-state index is 0.0170. The van der Waals surface area contributed by atoms with Crippen molar-refractivity contribution in [1.29, 1.82) is 0 Å². The molecule has 0 aliphatic rings. The lowest BCUT2D eigenvalue weighted by molar-refractivity contribution is -0.137. The molecule has 0 saturated carbocycles. The maximum absolute atomic E-state index is 13.3. The Morgan fingerprint density at radius 3 is 1.26 bits per heavy atom. The molecule has 0 aromatic carbocycles. The molecular weight excluding hydrogens is 480 g/mol. The summed E-state index contributed by atoms with van der Waals surface area (Å²) in [5.41, 5.74) is 6.19. The Kier molecular flexibility index (Phi) is 28.4. The molecule has 1 atom stereocenters. The third kappa shape index (κ3) is 20.8. The van der Waals surface area contributed by atoms with Crippen molar-refractivity contribution in [1.82, 2.24) is 14.7 Å². The highest BCUT2D eigenvalue weighted by atomic mass is 16.2. The van der Waals surface area contributed by atoms with Crippen LogP contribution in [-0.2, 0) is 4.79 Å². The smallest absolute Gasteiger partial charge is 0.223 e. The summed E-state index contributed by atoms with van der Waals surface area (Å²) in [6.45, 7) is 17.1. The van der Waals surface area contributed by atoms with E-state index in [1.807, 2.05) is 0 Å². The highest BCUT2D eigenvalue weighted by Gasteiger charge is 2.26. The number of carbonyl (C=O) groups is 1. The molecule has 39 heavy (non-hydrogen) atoms. The van der Waals surface area contributed by atoms with Crippen molar-refractivity contribution in [3.63, 3.8) is 0 Å². The van der Waals surface area contributed by atoms with E-state index >= 15 is 0 Å². The normalized spacial score (nSPS) is 12.5. The van der Waals surface area contributed by atoms with E-state index in [0.29, 0.717) is 13.0 Å². The van der Waals surface area contributed by atoms with Gasteiger partial charge in [-0.25, -0.2) is 0 Å². The zero-order valence-corrected chi connectivity index (χ0v) is 27.5. The van der Waals surface area contributed by atoms with Crippen molar-refractivity contribution >= 4 is 5.91 Å². The van der Waals surface area contributed by atoms with Gasteiger partial charge in [0.05, 0.1) is 6.17 Å². The predicted octanol–water partition coefficient (Wildman–Crippen LogP) is 8.61. The molecule has 0 radical (unpaired) electrons. The Bertz CT molecular complexity index is 507. The van der Waals surface area contributed by atoms with Crippen LogP contribution in [0.4, 0.5) is 0 Å². The molecule has 0 bridgehead atoms. The van der Waals surface area contributed by atoms with Crippen LogP contribution in [0.5, 0.6) is 0 Å². The molecule has 5 nitrogen and oxygen atoms in total. The first-order valence-electron chi connectivity index (χ1n) is 17.5. The summed E-state index contributed by atoms with van der Waals surface area (Å²) in [6.07, 6.45) is 26.8. The lowest BCUT2D eigenvalue weighted by Crippen LogP contribution is -2.56. The van der Waals surface area contributed by atoms with E-state index in [2.05, 4.69) is 49.3 Å². The fourth-order valence-electron chi connectivity index (χ4n) is 5.85.